The fourth-order valence-electron chi connectivity index (χ4n) is 0.796. The molecule has 0 amide bonds. The minimum absolute atomic E-state index is 0.342. The lowest BCUT2D eigenvalue weighted by atomic mass is 10.6. The van der Waals surface area contributed by atoms with Crippen LogP contribution < -0.4 is 5.73 Å². The molecular weight excluding hydrogens is 158 g/mol. The number of nitrogens with zero attached hydrogens (tertiary/aromatic N) is 5. The van der Waals surface area contributed by atoms with Crippen LogP contribution in [0.4, 0.5) is 0 Å². The van der Waals surface area contributed by atoms with Crippen molar-refractivity contribution in [3.05, 3.63) is 18.5 Å². The van der Waals surface area contributed by atoms with Gasteiger partial charge in [0.2, 0.25) is 0 Å². The number of aromatic nitrogens is 6. The van der Waals surface area contributed by atoms with E-state index in [2.05, 4.69) is 25.4 Å². The average molecular weight is 165 g/mol. The minimum Gasteiger partial charge on any atom is -0.324 e. The van der Waals surface area contributed by atoms with Gasteiger partial charge in [0.05, 0.1) is 6.54 Å². The Balaban J connectivity index is 2.35. The maximum Gasteiger partial charge on any atom is 0.255 e. The van der Waals surface area contributed by atoms with Gasteiger partial charge in [-0.2, -0.15) is 4.98 Å². The van der Waals surface area contributed by atoms with Gasteiger partial charge in [-0.05, 0) is 0 Å². The minimum atomic E-state index is 0.342. The highest BCUT2D eigenvalue weighted by molar-refractivity contribution is 5.07. The van der Waals surface area contributed by atoms with Gasteiger partial charge in [0.1, 0.15) is 18.5 Å². The molecule has 2 aromatic rings. The van der Waals surface area contributed by atoms with Crippen LogP contribution in [0.5, 0.6) is 0 Å². The molecule has 0 atom stereocenters. The van der Waals surface area contributed by atoms with Crippen molar-refractivity contribution in [2.24, 2.45) is 5.73 Å². The Kier molecular flexibility index (Phi) is 1.56. The Hall–Kier alpha value is -1.76. The molecule has 7 heteroatoms. The molecule has 0 aliphatic carbocycles. The van der Waals surface area contributed by atoms with Crippen LogP contribution >= 0.6 is 0 Å². The molecule has 0 aliphatic rings. The summed E-state index contributed by atoms with van der Waals surface area (Å²) in [7, 11) is 0. The summed E-state index contributed by atoms with van der Waals surface area (Å²) < 4.78 is 1.59. The van der Waals surface area contributed by atoms with Gasteiger partial charge in [-0.15, -0.1) is 15.3 Å². The Labute approximate surface area is 67.6 Å². The van der Waals surface area contributed by atoms with Crippen LogP contribution in [0.1, 0.15) is 5.82 Å². The van der Waals surface area contributed by atoms with E-state index in [1.807, 2.05) is 0 Å². The Bertz CT molecular complexity index is 348. The third-order valence-electron chi connectivity index (χ3n) is 1.36. The van der Waals surface area contributed by atoms with Crippen molar-refractivity contribution in [1.29, 1.82) is 0 Å². The second-order valence-corrected chi connectivity index (χ2v) is 2.16. The van der Waals surface area contributed by atoms with Crippen LogP contribution in [-0.2, 0) is 6.54 Å². The highest BCUT2D eigenvalue weighted by atomic mass is 15.4. The van der Waals surface area contributed by atoms with E-state index in [1.165, 1.54) is 12.7 Å². The molecule has 3 N–H and O–H groups in total. The van der Waals surface area contributed by atoms with Crippen molar-refractivity contribution >= 4 is 0 Å². The Morgan fingerprint density at radius 3 is 2.75 bits per heavy atom. The summed E-state index contributed by atoms with van der Waals surface area (Å²) in [6.07, 6.45) is 3.03. The molecule has 0 bridgehead atoms. The number of hydrogen-bond donors (Lipinski definition) is 2. The first-order chi connectivity index (χ1) is 5.90. The molecule has 7 nitrogen and oxygen atoms in total. The molecule has 0 fully saturated rings. The van der Waals surface area contributed by atoms with Gasteiger partial charge in [0.25, 0.3) is 5.95 Å². The van der Waals surface area contributed by atoms with E-state index in [0.29, 0.717) is 18.3 Å². The van der Waals surface area contributed by atoms with Crippen molar-refractivity contribution in [1.82, 2.24) is 29.9 Å². The summed E-state index contributed by atoms with van der Waals surface area (Å²) in [5.74, 6) is 1.14. The van der Waals surface area contributed by atoms with E-state index in [9.17, 15) is 0 Å². The molecule has 2 rings (SSSR count). The fourth-order valence-corrected chi connectivity index (χ4v) is 0.796. The lowest BCUT2D eigenvalue weighted by Gasteiger charge is -1.88. The van der Waals surface area contributed by atoms with E-state index in [-0.39, 0.29) is 0 Å². The summed E-state index contributed by atoms with van der Waals surface area (Å²) in [5.41, 5.74) is 5.34. The smallest absolute Gasteiger partial charge is 0.255 e. The third kappa shape index (κ3) is 1.05. The van der Waals surface area contributed by atoms with Gasteiger partial charge in [0, 0.05) is 0 Å². The molecular formula is C5H7N7. The van der Waals surface area contributed by atoms with Gasteiger partial charge >= 0.3 is 0 Å². The number of hydrogen-bond acceptors (Lipinski definition) is 5. The maximum atomic E-state index is 5.34. The molecule has 62 valence electrons. The van der Waals surface area contributed by atoms with Crippen LogP contribution in [0.15, 0.2) is 12.7 Å². The fraction of sp³-hybridized carbons (Fsp3) is 0.200. The van der Waals surface area contributed by atoms with Crippen LogP contribution in [0.3, 0.4) is 0 Å². The lowest BCUT2D eigenvalue weighted by Crippen LogP contribution is -1.98. The van der Waals surface area contributed by atoms with E-state index < -0.39 is 0 Å². The predicted molar refractivity (Wildman–Crippen MR) is 39.2 cm³/mol. The van der Waals surface area contributed by atoms with Gasteiger partial charge in [-0.3, -0.25) is 9.67 Å². The zero-order valence-electron chi connectivity index (χ0n) is 6.18. The zero-order valence-corrected chi connectivity index (χ0v) is 6.18. The summed E-state index contributed by atoms with van der Waals surface area (Å²) >= 11 is 0. The normalized spacial score (nSPS) is 10.4. The number of nitrogens with one attached hydrogen (secondary N) is 1. The van der Waals surface area contributed by atoms with Crippen molar-refractivity contribution in [2.75, 3.05) is 0 Å². The topological polar surface area (TPSA) is 98.3 Å². The van der Waals surface area contributed by atoms with E-state index in [1.54, 1.807) is 4.57 Å². The van der Waals surface area contributed by atoms with Gasteiger partial charge < -0.3 is 5.73 Å². The molecule has 0 spiro atoms. The van der Waals surface area contributed by atoms with Crippen molar-refractivity contribution in [3.8, 4) is 5.95 Å². The monoisotopic (exact) mass is 165 g/mol. The molecule has 2 aromatic heterocycles. The lowest BCUT2D eigenvalue weighted by molar-refractivity contribution is 0.915. The molecule has 0 aliphatic heterocycles. The summed E-state index contributed by atoms with van der Waals surface area (Å²) in [5, 5.41) is 13.8. The highest BCUT2D eigenvalue weighted by Gasteiger charge is 2.02. The first-order valence-electron chi connectivity index (χ1n) is 3.36. The van der Waals surface area contributed by atoms with Crippen molar-refractivity contribution < 1.29 is 0 Å². The largest absolute Gasteiger partial charge is 0.324 e. The van der Waals surface area contributed by atoms with Crippen LogP contribution in [-0.4, -0.2) is 29.9 Å². The standard InChI is InChI=1S/C5H7N7/c6-1-4-9-5(11-10-4)12-2-7-8-3-12/h2-3H,1,6H2,(H,9,10,11). The van der Waals surface area contributed by atoms with Crippen LogP contribution in [0.25, 0.3) is 5.95 Å². The second-order valence-electron chi connectivity index (χ2n) is 2.16. The van der Waals surface area contributed by atoms with Crippen molar-refractivity contribution in [2.45, 2.75) is 6.54 Å². The van der Waals surface area contributed by atoms with Crippen LogP contribution in [0, 0.1) is 0 Å². The summed E-state index contributed by atoms with van der Waals surface area (Å²) in [4.78, 5) is 4.06. The predicted octanol–water partition coefficient (Wildman–Crippen LogP) is -1.16. The van der Waals surface area contributed by atoms with E-state index >= 15 is 0 Å². The number of nitrogens with two attached hydrogens (primary N) is 1. The third-order valence-corrected chi connectivity index (χ3v) is 1.36. The summed E-state index contributed by atoms with van der Waals surface area (Å²) in [6.45, 7) is 0.342. The van der Waals surface area contributed by atoms with E-state index in [4.69, 9.17) is 5.73 Å². The SMILES string of the molecule is NCc1nc(-n2cnnc2)n[nH]1. The number of rotatable bonds is 2. The molecule has 0 saturated heterocycles. The first-order valence-corrected chi connectivity index (χ1v) is 3.36. The van der Waals surface area contributed by atoms with Crippen molar-refractivity contribution in [3.63, 3.8) is 0 Å². The maximum absolute atomic E-state index is 5.34. The van der Waals surface area contributed by atoms with Gasteiger partial charge in [0.15, 0.2) is 0 Å². The first kappa shape index (κ1) is 6.92. The highest BCUT2D eigenvalue weighted by Crippen LogP contribution is 1.96. The molecule has 2 heterocycles. The van der Waals surface area contributed by atoms with E-state index in [0.717, 1.165) is 0 Å². The molecule has 0 radical (unpaired) electrons. The molecule has 0 saturated carbocycles. The quantitative estimate of drug-likeness (QED) is 0.585. The summed E-state index contributed by atoms with van der Waals surface area (Å²) in [6, 6.07) is 0. The van der Waals surface area contributed by atoms with Crippen LogP contribution in [0.2, 0.25) is 0 Å². The molecule has 12 heavy (non-hydrogen) atoms. The number of H-pyrrole nitrogens is 1. The second kappa shape index (κ2) is 2.70. The Morgan fingerprint density at radius 1 is 1.42 bits per heavy atom. The number of aromatic amines is 1. The molecule has 0 aromatic carbocycles. The average Bonchev–Trinajstić information content (AvgIpc) is 2.75. The van der Waals surface area contributed by atoms with Gasteiger partial charge in [-0.25, -0.2) is 0 Å². The molecule has 0 unspecified atom stereocenters. The Morgan fingerprint density at radius 2 is 2.17 bits per heavy atom. The van der Waals surface area contributed by atoms with Gasteiger partial charge in [-0.1, -0.05) is 0 Å². The zero-order chi connectivity index (χ0) is 8.39.